The van der Waals surface area contributed by atoms with Gasteiger partial charge in [0.2, 0.25) is 0 Å². The summed E-state index contributed by atoms with van der Waals surface area (Å²) in [6.45, 7) is 6.48. The minimum atomic E-state index is -0.780. The molecule has 0 heterocycles. The van der Waals surface area contributed by atoms with Crippen LogP contribution >= 0.6 is 0 Å². The van der Waals surface area contributed by atoms with Crippen LogP contribution in [0.1, 0.15) is 310 Å². The molecule has 0 aliphatic heterocycles. The van der Waals surface area contributed by atoms with Gasteiger partial charge in [0.1, 0.15) is 13.2 Å². The highest BCUT2D eigenvalue weighted by Crippen LogP contribution is 2.16. The van der Waals surface area contributed by atoms with Gasteiger partial charge in [0.25, 0.3) is 0 Å². The second kappa shape index (κ2) is 65.6. The van der Waals surface area contributed by atoms with E-state index in [1.165, 1.54) is 154 Å². The average molecular weight is 1080 g/mol. The summed E-state index contributed by atoms with van der Waals surface area (Å²) in [4.78, 5) is 38.0. The summed E-state index contributed by atoms with van der Waals surface area (Å²) in [6.07, 6.45) is 89.9. The third-order valence-corrected chi connectivity index (χ3v) is 14.0. The maximum atomic E-state index is 12.8. The quantitative estimate of drug-likeness (QED) is 0.0261. The van der Waals surface area contributed by atoms with E-state index in [2.05, 4.69) is 130 Å². The molecular weight excluding hydrogens is 961 g/mol. The van der Waals surface area contributed by atoms with Gasteiger partial charge in [-0.25, -0.2) is 0 Å². The summed E-state index contributed by atoms with van der Waals surface area (Å²) >= 11 is 0. The molecule has 0 aliphatic carbocycles. The zero-order valence-electron chi connectivity index (χ0n) is 51.2. The molecule has 446 valence electrons. The fraction of sp³-hybridized carbons (Fsp3) is 0.708. The largest absolute Gasteiger partial charge is 0.462 e. The van der Waals surface area contributed by atoms with E-state index in [9.17, 15) is 14.4 Å². The molecule has 1 atom stereocenters. The Morgan fingerprint density at radius 3 is 0.795 bits per heavy atom. The van der Waals surface area contributed by atoms with Gasteiger partial charge in [-0.2, -0.15) is 0 Å². The van der Waals surface area contributed by atoms with Gasteiger partial charge >= 0.3 is 17.9 Å². The minimum Gasteiger partial charge on any atom is -0.462 e. The molecule has 0 fully saturated rings. The molecule has 6 nitrogen and oxygen atoms in total. The molecule has 0 saturated carbocycles. The summed E-state index contributed by atoms with van der Waals surface area (Å²) < 4.78 is 16.8. The van der Waals surface area contributed by atoms with Crippen molar-refractivity contribution in [3.05, 3.63) is 109 Å². The smallest absolute Gasteiger partial charge is 0.306 e. The Hall–Kier alpha value is -3.93. The lowest BCUT2D eigenvalue weighted by Gasteiger charge is -2.18. The van der Waals surface area contributed by atoms with Crippen molar-refractivity contribution in [2.75, 3.05) is 13.2 Å². The molecule has 0 aliphatic rings. The highest BCUT2D eigenvalue weighted by Gasteiger charge is 2.19. The van der Waals surface area contributed by atoms with Crippen LogP contribution in [-0.4, -0.2) is 37.2 Å². The van der Waals surface area contributed by atoms with Crippen LogP contribution in [-0.2, 0) is 28.6 Å². The van der Waals surface area contributed by atoms with Gasteiger partial charge < -0.3 is 14.2 Å². The van der Waals surface area contributed by atoms with E-state index in [-0.39, 0.29) is 31.1 Å². The molecule has 0 saturated heterocycles. The van der Waals surface area contributed by atoms with Crippen molar-refractivity contribution in [1.29, 1.82) is 0 Å². The number of allylic oxidation sites excluding steroid dienone is 18. The summed E-state index contributed by atoms with van der Waals surface area (Å²) in [5, 5.41) is 0. The van der Waals surface area contributed by atoms with Crippen LogP contribution in [0.2, 0.25) is 0 Å². The number of rotatable bonds is 59. The molecule has 0 radical (unpaired) electrons. The number of hydrogen-bond acceptors (Lipinski definition) is 6. The number of hydrogen-bond donors (Lipinski definition) is 0. The number of esters is 3. The number of carbonyl (C=O) groups is 3. The first-order chi connectivity index (χ1) is 38.5. The predicted octanol–water partition coefficient (Wildman–Crippen LogP) is 22.6. The molecule has 0 aromatic heterocycles. The molecule has 6 heteroatoms. The van der Waals surface area contributed by atoms with Crippen molar-refractivity contribution in [2.24, 2.45) is 0 Å². The summed E-state index contributed by atoms with van der Waals surface area (Å²) in [7, 11) is 0. The topological polar surface area (TPSA) is 78.9 Å². The van der Waals surface area contributed by atoms with E-state index in [0.29, 0.717) is 19.3 Å². The highest BCUT2D eigenvalue weighted by atomic mass is 16.6. The lowest BCUT2D eigenvalue weighted by molar-refractivity contribution is -0.167. The Bertz CT molecular complexity index is 1570. The van der Waals surface area contributed by atoms with E-state index in [1.54, 1.807) is 0 Å². The van der Waals surface area contributed by atoms with E-state index in [1.807, 2.05) is 0 Å². The number of carbonyl (C=O) groups excluding carboxylic acids is 3. The SMILES string of the molecule is CC/C=C\C/C=C\C/C=C\C/C=C\C/C=C\C/C=C\C/C=C\C/C=C\CCCCCCCCCCC(=O)OCC(COC(=O)CCCCCCCC)OC(=O)CCCCCCCCCCC/C=C\CCCCCCCCCC. The van der Waals surface area contributed by atoms with Gasteiger partial charge in [-0.3, -0.25) is 14.4 Å². The van der Waals surface area contributed by atoms with Gasteiger partial charge in [0.15, 0.2) is 6.10 Å². The number of ether oxygens (including phenoxy) is 3. The monoisotopic (exact) mass is 1080 g/mol. The molecule has 0 aromatic carbocycles. The van der Waals surface area contributed by atoms with Crippen LogP contribution in [0.4, 0.5) is 0 Å². The van der Waals surface area contributed by atoms with Gasteiger partial charge in [-0.1, -0.05) is 291 Å². The van der Waals surface area contributed by atoms with Gasteiger partial charge in [-0.05, 0) is 109 Å². The van der Waals surface area contributed by atoms with Crippen molar-refractivity contribution in [3.8, 4) is 0 Å². The van der Waals surface area contributed by atoms with Crippen LogP contribution in [0.5, 0.6) is 0 Å². The third-order valence-electron chi connectivity index (χ3n) is 14.0. The summed E-state index contributed by atoms with van der Waals surface area (Å²) in [5.74, 6) is -0.893. The number of unbranched alkanes of at least 4 members (excludes halogenated alkanes) is 30. The Labute approximate surface area is 482 Å². The van der Waals surface area contributed by atoms with Gasteiger partial charge in [0.05, 0.1) is 0 Å². The van der Waals surface area contributed by atoms with Crippen molar-refractivity contribution in [3.63, 3.8) is 0 Å². The first kappa shape index (κ1) is 74.1. The van der Waals surface area contributed by atoms with E-state index < -0.39 is 6.10 Å². The van der Waals surface area contributed by atoms with Gasteiger partial charge in [0, 0.05) is 19.3 Å². The van der Waals surface area contributed by atoms with Crippen LogP contribution in [0.25, 0.3) is 0 Å². The fourth-order valence-electron chi connectivity index (χ4n) is 9.10. The summed E-state index contributed by atoms with van der Waals surface area (Å²) in [5.41, 5.74) is 0. The van der Waals surface area contributed by atoms with Crippen LogP contribution in [0, 0.1) is 0 Å². The van der Waals surface area contributed by atoms with Crippen LogP contribution in [0.3, 0.4) is 0 Å². The Morgan fingerprint density at radius 2 is 0.500 bits per heavy atom. The van der Waals surface area contributed by atoms with Crippen molar-refractivity contribution in [2.45, 2.75) is 316 Å². The zero-order valence-corrected chi connectivity index (χ0v) is 51.2. The van der Waals surface area contributed by atoms with Crippen molar-refractivity contribution >= 4 is 17.9 Å². The fourth-order valence-corrected chi connectivity index (χ4v) is 9.10. The van der Waals surface area contributed by atoms with E-state index in [0.717, 1.165) is 116 Å². The summed E-state index contributed by atoms with van der Waals surface area (Å²) in [6, 6.07) is 0. The predicted molar refractivity (Wildman–Crippen MR) is 339 cm³/mol. The maximum Gasteiger partial charge on any atom is 0.306 e. The van der Waals surface area contributed by atoms with Crippen LogP contribution < -0.4 is 0 Å². The highest BCUT2D eigenvalue weighted by molar-refractivity contribution is 5.71. The molecule has 0 aromatic rings. The molecule has 78 heavy (non-hydrogen) atoms. The van der Waals surface area contributed by atoms with Gasteiger partial charge in [-0.15, -0.1) is 0 Å². The lowest BCUT2D eigenvalue weighted by Crippen LogP contribution is -2.30. The zero-order chi connectivity index (χ0) is 56.4. The molecule has 0 bridgehead atoms. The Balaban J connectivity index is 4.11. The first-order valence-electron chi connectivity index (χ1n) is 32.9. The molecule has 0 spiro atoms. The standard InChI is InChI=1S/C72H122O6/c1-4-7-10-13-16-18-20-22-24-26-28-30-31-32-33-34-35-36-37-38-39-40-41-43-44-46-48-50-52-54-56-59-62-65-71(74)77-68-69(67-76-70(73)64-61-58-15-12-9-6-3)78-72(75)66-63-60-57-55-53-51-49-47-45-42-29-27-25-23-21-19-17-14-11-8-5-2/h7,10,16,18,22,24,27-30,32-33,35-36,38-39,41,43,69H,4-6,8-9,11-15,17,19-21,23,25-26,31,34,37,40,42,44-68H2,1-3H3/b10-7-,18-16-,24-22-,29-27-,30-28-,33-32-,36-35-,39-38-,43-41-. The molecule has 1 unspecified atom stereocenters. The second-order valence-electron chi connectivity index (χ2n) is 21.6. The van der Waals surface area contributed by atoms with Crippen molar-refractivity contribution < 1.29 is 28.6 Å². The second-order valence-corrected chi connectivity index (χ2v) is 21.6. The van der Waals surface area contributed by atoms with Crippen LogP contribution in [0.15, 0.2) is 109 Å². The minimum absolute atomic E-state index is 0.0801. The van der Waals surface area contributed by atoms with Crippen molar-refractivity contribution in [1.82, 2.24) is 0 Å². The third kappa shape index (κ3) is 62.9. The van der Waals surface area contributed by atoms with E-state index >= 15 is 0 Å². The van der Waals surface area contributed by atoms with E-state index in [4.69, 9.17) is 14.2 Å². The first-order valence-corrected chi connectivity index (χ1v) is 32.9. The molecule has 0 rings (SSSR count). The Kier molecular flexibility index (Phi) is 62.3. The Morgan fingerprint density at radius 1 is 0.269 bits per heavy atom. The lowest BCUT2D eigenvalue weighted by atomic mass is 10.1. The average Bonchev–Trinajstić information content (AvgIpc) is 3.44. The molecule has 0 amide bonds. The molecule has 0 N–H and O–H groups in total. The molecular formula is C72H122O6. The maximum absolute atomic E-state index is 12.8. The normalized spacial score (nSPS) is 12.8.